The molecule has 0 bridgehead atoms. The average molecular weight is 465 g/mol. The molecule has 0 radical (unpaired) electrons. The Kier molecular flexibility index (Phi) is 5.21. The molecule has 3 aromatic rings. The summed E-state index contributed by atoms with van der Waals surface area (Å²) in [5.74, 6) is 1.54. The fraction of sp³-hybridized carbons (Fsp3) is 0.389. The van der Waals surface area contributed by atoms with Gasteiger partial charge in [0.1, 0.15) is 12.0 Å². The molecule has 1 atom stereocenters. The molecule has 1 saturated heterocycles. The number of rotatable bonds is 5. The third-order valence-corrected chi connectivity index (χ3v) is 4.77. The zero-order valence-corrected chi connectivity index (χ0v) is 16.6. The van der Waals surface area contributed by atoms with Crippen molar-refractivity contribution in [1.82, 2.24) is 19.5 Å². The maximum atomic E-state index is 5.89. The van der Waals surface area contributed by atoms with Crippen molar-refractivity contribution in [3.8, 4) is 5.75 Å². The largest absolute Gasteiger partial charge is 0.494 e. The van der Waals surface area contributed by atoms with E-state index in [-0.39, 0.29) is 6.23 Å². The lowest BCUT2D eigenvalue weighted by molar-refractivity contribution is -0.0298. The molecule has 0 amide bonds. The van der Waals surface area contributed by atoms with Crippen LogP contribution in [0.3, 0.4) is 0 Å². The van der Waals surface area contributed by atoms with Gasteiger partial charge in [-0.2, -0.15) is 0 Å². The van der Waals surface area contributed by atoms with Gasteiger partial charge in [0, 0.05) is 34.9 Å². The number of halogens is 1. The minimum Gasteiger partial charge on any atom is -0.494 e. The molecular formula is C18H20IN5O2. The first-order valence-corrected chi connectivity index (χ1v) is 9.84. The first kappa shape index (κ1) is 17.5. The van der Waals surface area contributed by atoms with Crippen molar-refractivity contribution in [2.24, 2.45) is 0 Å². The van der Waals surface area contributed by atoms with Gasteiger partial charge in [-0.1, -0.05) is 0 Å². The number of hydrogen-bond donors (Lipinski definition) is 1. The van der Waals surface area contributed by atoms with Crippen molar-refractivity contribution in [3.05, 3.63) is 34.4 Å². The second-order valence-electron chi connectivity index (χ2n) is 6.07. The van der Waals surface area contributed by atoms with Crippen LogP contribution in [0.15, 0.2) is 30.6 Å². The van der Waals surface area contributed by atoms with Gasteiger partial charge in [-0.15, -0.1) is 0 Å². The normalized spacial score (nSPS) is 17.4. The summed E-state index contributed by atoms with van der Waals surface area (Å²) in [4.78, 5) is 13.7. The van der Waals surface area contributed by atoms with Crippen LogP contribution < -0.4 is 10.1 Å². The van der Waals surface area contributed by atoms with Crippen molar-refractivity contribution in [2.45, 2.75) is 32.4 Å². The van der Waals surface area contributed by atoms with E-state index in [0.29, 0.717) is 16.3 Å². The Bertz CT molecular complexity index is 890. The van der Waals surface area contributed by atoms with E-state index < -0.39 is 0 Å². The molecule has 2 aromatic heterocycles. The number of nitrogens with zero attached hydrogens (tertiary/aromatic N) is 4. The number of ether oxygens (including phenoxy) is 2. The van der Waals surface area contributed by atoms with Crippen molar-refractivity contribution < 1.29 is 9.47 Å². The zero-order chi connectivity index (χ0) is 17.9. The van der Waals surface area contributed by atoms with Gasteiger partial charge >= 0.3 is 0 Å². The third-order valence-electron chi connectivity index (χ3n) is 4.29. The summed E-state index contributed by atoms with van der Waals surface area (Å²) in [5.41, 5.74) is 2.46. The topological polar surface area (TPSA) is 74.1 Å². The molecule has 3 heterocycles. The molecule has 1 N–H and O–H groups in total. The second kappa shape index (κ2) is 7.75. The molecule has 8 heteroatoms. The number of nitrogens with one attached hydrogen (secondary N) is 1. The maximum Gasteiger partial charge on any atom is 0.194 e. The lowest BCUT2D eigenvalue weighted by Gasteiger charge is -2.23. The second-order valence-corrected chi connectivity index (χ2v) is 7.03. The van der Waals surface area contributed by atoms with Gasteiger partial charge in [-0.3, -0.25) is 4.57 Å². The molecule has 0 spiro atoms. The number of fused-ring (bicyclic) bond motifs is 1. The molecular weight excluding hydrogens is 445 g/mol. The number of hydrogen-bond acceptors (Lipinski definition) is 6. The molecule has 0 saturated carbocycles. The predicted molar refractivity (Wildman–Crippen MR) is 108 cm³/mol. The van der Waals surface area contributed by atoms with Gasteiger partial charge in [-0.25, -0.2) is 15.0 Å². The van der Waals surface area contributed by atoms with Crippen molar-refractivity contribution in [2.75, 3.05) is 18.5 Å². The van der Waals surface area contributed by atoms with Gasteiger partial charge in [-0.05, 0) is 50.5 Å². The van der Waals surface area contributed by atoms with Crippen molar-refractivity contribution in [3.63, 3.8) is 0 Å². The van der Waals surface area contributed by atoms with Gasteiger partial charge in [0.05, 0.1) is 12.9 Å². The Morgan fingerprint density at radius 3 is 2.85 bits per heavy atom. The van der Waals surface area contributed by atoms with Crippen molar-refractivity contribution >= 4 is 45.3 Å². The predicted octanol–water partition coefficient (Wildman–Crippen LogP) is 4.27. The molecule has 0 aliphatic carbocycles. The van der Waals surface area contributed by atoms with E-state index >= 15 is 0 Å². The smallest absolute Gasteiger partial charge is 0.194 e. The quantitative estimate of drug-likeness (QED) is 0.448. The number of benzene rings is 1. The Morgan fingerprint density at radius 2 is 2.12 bits per heavy atom. The molecule has 1 aliphatic rings. The summed E-state index contributed by atoms with van der Waals surface area (Å²) in [6.07, 6.45) is 5.05. The van der Waals surface area contributed by atoms with Crippen molar-refractivity contribution in [1.29, 1.82) is 0 Å². The summed E-state index contributed by atoms with van der Waals surface area (Å²) in [6.45, 7) is 3.40. The van der Waals surface area contributed by atoms with E-state index in [2.05, 4.69) is 42.9 Å². The number of anilines is 2. The highest BCUT2D eigenvalue weighted by atomic mass is 127. The maximum absolute atomic E-state index is 5.89. The van der Waals surface area contributed by atoms with E-state index in [1.165, 1.54) is 0 Å². The minimum atomic E-state index is -0.00206. The van der Waals surface area contributed by atoms with Crippen LogP contribution >= 0.6 is 22.6 Å². The fourth-order valence-corrected chi connectivity index (χ4v) is 3.54. The molecule has 136 valence electrons. The highest BCUT2D eigenvalue weighted by molar-refractivity contribution is 14.1. The number of imidazole rings is 1. The summed E-state index contributed by atoms with van der Waals surface area (Å²) >= 11 is 2.13. The Morgan fingerprint density at radius 1 is 1.27 bits per heavy atom. The molecule has 1 fully saturated rings. The van der Waals surface area contributed by atoms with Gasteiger partial charge in [0.15, 0.2) is 20.8 Å². The van der Waals surface area contributed by atoms with Crippen LogP contribution in [0.25, 0.3) is 11.2 Å². The average Bonchev–Trinajstić information content (AvgIpc) is 3.08. The van der Waals surface area contributed by atoms with Crippen LogP contribution in [0, 0.1) is 3.83 Å². The van der Waals surface area contributed by atoms with Gasteiger partial charge in [0.2, 0.25) is 0 Å². The van der Waals surface area contributed by atoms with Crippen LogP contribution in [-0.4, -0.2) is 32.7 Å². The van der Waals surface area contributed by atoms with E-state index in [0.717, 1.165) is 48.5 Å². The Hall–Kier alpha value is -1.94. The van der Waals surface area contributed by atoms with Crippen LogP contribution in [0.5, 0.6) is 5.75 Å². The highest BCUT2D eigenvalue weighted by Crippen LogP contribution is 2.29. The SMILES string of the molecule is CCOc1ccc(Nc2nc(I)nc3c2ncn3C2CCCCO2)cc1. The van der Waals surface area contributed by atoms with E-state index in [4.69, 9.17) is 9.47 Å². The summed E-state index contributed by atoms with van der Waals surface area (Å²) in [6, 6.07) is 7.80. The van der Waals surface area contributed by atoms with Crippen LogP contribution in [0.2, 0.25) is 0 Å². The third kappa shape index (κ3) is 3.61. The molecule has 4 rings (SSSR count). The summed E-state index contributed by atoms with van der Waals surface area (Å²) in [5, 5.41) is 3.35. The lowest BCUT2D eigenvalue weighted by Crippen LogP contribution is -2.18. The molecule has 1 unspecified atom stereocenters. The molecule has 7 nitrogen and oxygen atoms in total. The first-order valence-electron chi connectivity index (χ1n) is 8.76. The molecule has 26 heavy (non-hydrogen) atoms. The van der Waals surface area contributed by atoms with Crippen LogP contribution in [0.1, 0.15) is 32.4 Å². The van der Waals surface area contributed by atoms with E-state index in [9.17, 15) is 0 Å². The minimum absolute atomic E-state index is 0.00206. The monoisotopic (exact) mass is 465 g/mol. The number of aromatic nitrogens is 4. The van der Waals surface area contributed by atoms with Crippen LogP contribution in [-0.2, 0) is 4.74 Å². The van der Waals surface area contributed by atoms with E-state index in [1.54, 1.807) is 6.33 Å². The zero-order valence-electron chi connectivity index (χ0n) is 14.5. The summed E-state index contributed by atoms with van der Waals surface area (Å²) in [7, 11) is 0. The van der Waals surface area contributed by atoms with E-state index in [1.807, 2.05) is 35.8 Å². The van der Waals surface area contributed by atoms with Crippen LogP contribution in [0.4, 0.5) is 11.5 Å². The fourth-order valence-electron chi connectivity index (χ4n) is 3.07. The summed E-state index contributed by atoms with van der Waals surface area (Å²) < 4.78 is 14.1. The molecule has 1 aliphatic heterocycles. The first-order chi connectivity index (χ1) is 12.7. The Balaban J connectivity index is 1.65. The lowest BCUT2D eigenvalue weighted by atomic mass is 10.2. The highest BCUT2D eigenvalue weighted by Gasteiger charge is 2.21. The standard InChI is InChI=1S/C18H20IN5O2/c1-2-25-13-8-6-12(7-9-13)21-16-15-17(23-18(19)22-16)24(11-20-15)14-5-3-4-10-26-14/h6-9,11,14H,2-5,10H2,1H3,(H,21,22,23). The Labute approximate surface area is 165 Å². The molecule has 1 aromatic carbocycles. The van der Waals surface area contributed by atoms with Gasteiger partial charge < -0.3 is 14.8 Å². The van der Waals surface area contributed by atoms with Gasteiger partial charge in [0.25, 0.3) is 0 Å².